The Morgan fingerprint density at radius 1 is 1.22 bits per heavy atom. The van der Waals surface area contributed by atoms with Crippen molar-refractivity contribution in [3.8, 4) is 11.6 Å². The molecule has 0 amide bonds. The molecule has 2 aromatic rings. The van der Waals surface area contributed by atoms with Gasteiger partial charge in [-0.15, -0.1) is 0 Å². The highest BCUT2D eigenvalue weighted by Gasteiger charge is 2.06. The molecule has 2 rings (SSSR count). The van der Waals surface area contributed by atoms with Crippen LogP contribution in [0, 0.1) is 6.92 Å². The summed E-state index contributed by atoms with van der Waals surface area (Å²) in [5, 5.41) is 3.68. The van der Waals surface area contributed by atoms with Crippen molar-refractivity contribution in [1.29, 1.82) is 0 Å². The van der Waals surface area contributed by atoms with Gasteiger partial charge < -0.3 is 10.1 Å². The molecule has 0 radical (unpaired) electrons. The smallest absolute Gasteiger partial charge is 0.225 e. The first-order valence-electron chi connectivity index (χ1n) is 5.57. The number of rotatable bonds is 4. The molecule has 5 heteroatoms. The van der Waals surface area contributed by atoms with E-state index in [2.05, 4.69) is 15.3 Å². The van der Waals surface area contributed by atoms with Crippen molar-refractivity contribution in [2.24, 2.45) is 0 Å². The molecule has 0 saturated carbocycles. The molecule has 0 bridgehead atoms. The van der Waals surface area contributed by atoms with E-state index in [1.165, 1.54) is 11.8 Å². The molecule has 1 aromatic carbocycles. The van der Waals surface area contributed by atoms with E-state index in [1.807, 2.05) is 44.5 Å². The topological polar surface area (TPSA) is 47.0 Å². The van der Waals surface area contributed by atoms with Gasteiger partial charge in [-0.25, -0.2) is 4.98 Å². The quantitative estimate of drug-likeness (QED) is 0.675. The summed E-state index contributed by atoms with van der Waals surface area (Å²) < 4.78 is 5.79. The number of benzene rings is 1. The number of thioether (sulfide) groups is 1. The van der Waals surface area contributed by atoms with Crippen LogP contribution in [-0.2, 0) is 0 Å². The number of nitrogens with one attached hydrogen (secondary N) is 1. The number of hydrogen-bond acceptors (Lipinski definition) is 5. The second kappa shape index (κ2) is 5.73. The van der Waals surface area contributed by atoms with Crippen molar-refractivity contribution in [3.05, 3.63) is 35.9 Å². The van der Waals surface area contributed by atoms with Gasteiger partial charge in [-0.3, -0.25) is 0 Å². The maximum Gasteiger partial charge on any atom is 0.225 e. The largest absolute Gasteiger partial charge is 0.439 e. The van der Waals surface area contributed by atoms with Crippen LogP contribution in [0.5, 0.6) is 11.6 Å². The third-order valence-electron chi connectivity index (χ3n) is 2.43. The highest BCUT2D eigenvalue weighted by molar-refractivity contribution is 7.98. The average molecular weight is 261 g/mol. The lowest BCUT2D eigenvalue weighted by molar-refractivity contribution is 0.453. The molecular weight excluding hydrogens is 246 g/mol. The first-order chi connectivity index (χ1) is 8.72. The van der Waals surface area contributed by atoms with E-state index in [0.29, 0.717) is 11.0 Å². The predicted octanol–water partition coefficient (Wildman–Crippen LogP) is 3.34. The highest BCUT2D eigenvalue weighted by atomic mass is 32.2. The van der Waals surface area contributed by atoms with Crippen LogP contribution in [0.15, 0.2) is 35.5 Å². The first kappa shape index (κ1) is 12.7. The zero-order valence-corrected chi connectivity index (χ0v) is 11.4. The summed E-state index contributed by atoms with van der Waals surface area (Å²) in [6.45, 7) is 2.00. The molecule has 1 N–H and O–H groups in total. The highest BCUT2D eigenvalue weighted by Crippen LogP contribution is 2.26. The fourth-order valence-corrected chi connectivity index (χ4v) is 1.83. The number of aryl methyl sites for hydroxylation is 1. The van der Waals surface area contributed by atoms with Gasteiger partial charge in [-0.2, -0.15) is 4.98 Å². The lowest BCUT2D eigenvalue weighted by Gasteiger charge is -2.09. The maximum atomic E-state index is 5.79. The Balaban J connectivity index is 2.31. The molecule has 94 valence electrons. The zero-order valence-electron chi connectivity index (χ0n) is 10.6. The molecule has 0 spiro atoms. The lowest BCUT2D eigenvalue weighted by Crippen LogP contribution is -1.98. The van der Waals surface area contributed by atoms with E-state index in [9.17, 15) is 0 Å². The number of aromatic nitrogens is 2. The van der Waals surface area contributed by atoms with Gasteiger partial charge in [-0.05, 0) is 24.8 Å². The number of hydrogen-bond donors (Lipinski definition) is 1. The molecule has 0 atom stereocenters. The Hall–Kier alpha value is -1.75. The molecule has 0 unspecified atom stereocenters. The van der Waals surface area contributed by atoms with Crippen molar-refractivity contribution in [3.63, 3.8) is 0 Å². The van der Waals surface area contributed by atoms with Crippen LogP contribution in [0.4, 0.5) is 5.82 Å². The number of nitrogens with zero attached hydrogens (tertiary/aromatic N) is 2. The van der Waals surface area contributed by atoms with Crippen molar-refractivity contribution in [2.75, 3.05) is 18.6 Å². The van der Waals surface area contributed by atoms with Crippen molar-refractivity contribution in [1.82, 2.24) is 9.97 Å². The fraction of sp³-hybridized carbons (Fsp3) is 0.231. The Kier molecular flexibility index (Phi) is 4.04. The molecule has 0 aliphatic rings. The molecule has 4 nitrogen and oxygen atoms in total. The van der Waals surface area contributed by atoms with Gasteiger partial charge >= 0.3 is 0 Å². The van der Waals surface area contributed by atoms with Crippen LogP contribution in [0.25, 0.3) is 0 Å². The molecule has 0 aliphatic carbocycles. The summed E-state index contributed by atoms with van der Waals surface area (Å²) in [4.78, 5) is 8.62. The van der Waals surface area contributed by atoms with E-state index >= 15 is 0 Å². The summed E-state index contributed by atoms with van der Waals surface area (Å²) in [5.74, 6) is 2.11. The van der Waals surface area contributed by atoms with E-state index < -0.39 is 0 Å². The van der Waals surface area contributed by atoms with E-state index in [1.54, 1.807) is 6.07 Å². The Morgan fingerprint density at radius 3 is 2.67 bits per heavy atom. The first-order valence-corrected chi connectivity index (χ1v) is 6.79. The van der Waals surface area contributed by atoms with E-state index in [4.69, 9.17) is 4.74 Å². The van der Waals surface area contributed by atoms with Gasteiger partial charge in [0.05, 0.1) is 0 Å². The molecular formula is C13H15N3OS. The van der Waals surface area contributed by atoms with Gasteiger partial charge in [0.1, 0.15) is 11.6 Å². The average Bonchev–Trinajstić information content (AvgIpc) is 2.41. The van der Waals surface area contributed by atoms with E-state index in [0.717, 1.165) is 17.1 Å². The Bertz CT molecular complexity index is 523. The van der Waals surface area contributed by atoms with Gasteiger partial charge in [-0.1, -0.05) is 30.0 Å². The van der Waals surface area contributed by atoms with Crippen molar-refractivity contribution in [2.45, 2.75) is 12.1 Å². The Labute approximate surface area is 111 Å². The maximum absolute atomic E-state index is 5.79. The molecule has 18 heavy (non-hydrogen) atoms. The molecule has 1 aromatic heterocycles. The Morgan fingerprint density at radius 2 is 2.00 bits per heavy atom. The minimum absolute atomic E-state index is 0.549. The lowest BCUT2D eigenvalue weighted by atomic mass is 10.2. The monoisotopic (exact) mass is 261 g/mol. The summed E-state index contributed by atoms with van der Waals surface area (Å²) in [5.41, 5.74) is 1.08. The van der Waals surface area contributed by atoms with Crippen LogP contribution < -0.4 is 10.1 Å². The predicted molar refractivity (Wildman–Crippen MR) is 74.6 cm³/mol. The minimum Gasteiger partial charge on any atom is -0.439 e. The van der Waals surface area contributed by atoms with Crippen LogP contribution in [0.3, 0.4) is 0 Å². The summed E-state index contributed by atoms with van der Waals surface area (Å²) in [6.07, 6.45) is 1.94. The normalized spacial score (nSPS) is 10.2. The molecule has 0 aliphatic heterocycles. The third kappa shape index (κ3) is 2.92. The second-order valence-corrected chi connectivity index (χ2v) is 4.47. The number of ether oxygens (including phenoxy) is 1. The van der Waals surface area contributed by atoms with E-state index in [-0.39, 0.29) is 0 Å². The number of anilines is 1. The minimum atomic E-state index is 0.549. The molecule has 0 fully saturated rings. The van der Waals surface area contributed by atoms with Crippen molar-refractivity contribution < 1.29 is 4.74 Å². The van der Waals surface area contributed by atoms with Crippen LogP contribution in [-0.4, -0.2) is 23.3 Å². The van der Waals surface area contributed by atoms with Crippen molar-refractivity contribution >= 4 is 17.6 Å². The summed E-state index contributed by atoms with van der Waals surface area (Å²) in [7, 11) is 1.82. The summed E-state index contributed by atoms with van der Waals surface area (Å²) >= 11 is 1.49. The SMILES string of the molecule is CNc1cc(Oc2ccccc2C)nc(SC)n1. The number of para-hydroxylation sites is 1. The van der Waals surface area contributed by atoms with Gasteiger partial charge in [0.25, 0.3) is 0 Å². The molecule has 0 saturated heterocycles. The third-order valence-corrected chi connectivity index (χ3v) is 2.98. The zero-order chi connectivity index (χ0) is 13.0. The standard InChI is InChI=1S/C13H15N3OS/c1-9-6-4-5-7-10(9)17-12-8-11(14-2)15-13(16-12)18-3/h4-8H,1-3H3,(H,14,15,16). The van der Waals surface area contributed by atoms with Crippen LogP contribution in [0.2, 0.25) is 0 Å². The van der Waals surface area contributed by atoms with Crippen LogP contribution >= 0.6 is 11.8 Å². The van der Waals surface area contributed by atoms with Gasteiger partial charge in [0, 0.05) is 13.1 Å². The molecule has 1 heterocycles. The van der Waals surface area contributed by atoms with Crippen LogP contribution in [0.1, 0.15) is 5.56 Å². The fourth-order valence-electron chi connectivity index (χ4n) is 1.46. The van der Waals surface area contributed by atoms with Gasteiger partial charge in [0.2, 0.25) is 5.88 Å². The second-order valence-electron chi connectivity index (χ2n) is 3.70. The summed E-state index contributed by atoms with van der Waals surface area (Å²) in [6, 6.07) is 9.64. The van der Waals surface area contributed by atoms with Gasteiger partial charge in [0.15, 0.2) is 5.16 Å².